The van der Waals surface area contributed by atoms with Crippen molar-refractivity contribution in [3.63, 3.8) is 0 Å². The fraction of sp³-hybridized carbons (Fsp3) is 0.692. The summed E-state index contributed by atoms with van der Waals surface area (Å²) in [5.41, 5.74) is 0. The molecule has 0 saturated heterocycles. The van der Waals surface area contributed by atoms with Crippen LogP contribution in [0, 0.1) is 17.8 Å². The second-order valence-electron chi connectivity index (χ2n) is 4.65. The fourth-order valence-electron chi connectivity index (χ4n) is 2.72. The average molecular weight is 302 g/mol. The lowest BCUT2D eigenvalue weighted by Crippen LogP contribution is -2.21. The topological polar surface area (TPSA) is 0 Å². The van der Waals surface area contributed by atoms with E-state index in [-0.39, 0.29) is 0 Å². The Hall–Kier alpha value is 0.210. The molecule has 14 heavy (non-hydrogen) atoms. The molecule has 0 bridgehead atoms. The van der Waals surface area contributed by atoms with E-state index >= 15 is 0 Å². The van der Waals surface area contributed by atoms with Crippen molar-refractivity contribution < 1.29 is 0 Å². The molecule has 1 fully saturated rings. The van der Waals surface area contributed by atoms with Gasteiger partial charge in [-0.25, -0.2) is 0 Å². The molecule has 2 rings (SSSR count). The highest BCUT2D eigenvalue weighted by atomic mass is 127. The molecular weight excluding hydrogens is 283 g/mol. The van der Waals surface area contributed by atoms with Gasteiger partial charge >= 0.3 is 0 Å². The van der Waals surface area contributed by atoms with Crippen LogP contribution in [0.3, 0.4) is 0 Å². The van der Waals surface area contributed by atoms with E-state index in [0.29, 0.717) is 0 Å². The van der Waals surface area contributed by atoms with Gasteiger partial charge in [0, 0.05) is 4.43 Å². The minimum Gasteiger partial charge on any atom is -0.0861 e. The maximum Gasteiger partial charge on any atom is 0.00237 e. The lowest BCUT2D eigenvalue weighted by molar-refractivity contribution is 0.244. The highest BCUT2D eigenvalue weighted by Gasteiger charge is 2.25. The number of hydrogen-bond acceptors (Lipinski definition) is 0. The molecule has 0 aromatic rings. The van der Waals surface area contributed by atoms with Crippen molar-refractivity contribution in [2.45, 2.75) is 32.1 Å². The molecule has 1 saturated carbocycles. The smallest absolute Gasteiger partial charge is 0.00237 e. The van der Waals surface area contributed by atoms with Gasteiger partial charge in [0.25, 0.3) is 0 Å². The summed E-state index contributed by atoms with van der Waals surface area (Å²) < 4.78 is 1.37. The van der Waals surface area contributed by atoms with E-state index in [2.05, 4.69) is 46.9 Å². The Morgan fingerprint density at radius 2 is 1.86 bits per heavy atom. The van der Waals surface area contributed by atoms with E-state index in [9.17, 15) is 0 Å². The van der Waals surface area contributed by atoms with Crippen LogP contribution in [0.15, 0.2) is 24.3 Å². The van der Waals surface area contributed by atoms with Crippen molar-refractivity contribution in [1.82, 2.24) is 0 Å². The van der Waals surface area contributed by atoms with Gasteiger partial charge in [-0.2, -0.15) is 0 Å². The molecule has 1 unspecified atom stereocenters. The molecule has 0 heterocycles. The summed E-state index contributed by atoms with van der Waals surface area (Å²) in [7, 11) is 0. The third kappa shape index (κ3) is 2.62. The first kappa shape index (κ1) is 10.7. The lowest BCUT2D eigenvalue weighted by atomic mass is 9.74. The van der Waals surface area contributed by atoms with Crippen molar-refractivity contribution in [3.8, 4) is 0 Å². The van der Waals surface area contributed by atoms with Crippen molar-refractivity contribution in [3.05, 3.63) is 24.3 Å². The second-order valence-corrected chi connectivity index (χ2v) is 5.53. The Balaban J connectivity index is 1.83. The minimum atomic E-state index is 0.857. The van der Waals surface area contributed by atoms with Crippen molar-refractivity contribution >= 4 is 22.6 Å². The Bertz CT molecular complexity index is 221. The molecule has 2 aliphatic carbocycles. The number of alkyl halides is 1. The van der Waals surface area contributed by atoms with Crippen LogP contribution in [0.5, 0.6) is 0 Å². The van der Waals surface area contributed by atoms with E-state index in [1.165, 1.54) is 36.5 Å². The zero-order valence-electron chi connectivity index (χ0n) is 8.66. The maximum absolute atomic E-state index is 2.54. The standard InChI is InChI=1S/C13H19I/c14-10-11-6-8-13(9-7-11)12-4-2-1-3-5-12/h1-4,11-13H,5-10H2. The van der Waals surface area contributed by atoms with E-state index < -0.39 is 0 Å². The van der Waals surface area contributed by atoms with Crippen LogP contribution in [-0.2, 0) is 0 Å². The first-order valence-corrected chi connectivity index (χ1v) is 7.32. The van der Waals surface area contributed by atoms with Gasteiger partial charge in [0.2, 0.25) is 0 Å². The maximum atomic E-state index is 2.54. The zero-order chi connectivity index (χ0) is 9.80. The molecule has 0 aromatic carbocycles. The molecular formula is C13H19I. The van der Waals surface area contributed by atoms with Gasteiger partial charge in [-0.15, -0.1) is 0 Å². The summed E-state index contributed by atoms with van der Waals surface area (Å²) in [4.78, 5) is 0. The molecule has 0 N–H and O–H groups in total. The van der Waals surface area contributed by atoms with Crippen molar-refractivity contribution in [2.24, 2.45) is 17.8 Å². The quantitative estimate of drug-likeness (QED) is 0.525. The van der Waals surface area contributed by atoms with Crippen molar-refractivity contribution in [2.75, 3.05) is 4.43 Å². The van der Waals surface area contributed by atoms with Crippen LogP contribution < -0.4 is 0 Å². The molecule has 1 atom stereocenters. The summed E-state index contributed by atoms with van der Waals surface area (Å²) in [6, 6.07) is 0. The molecule has 1 heteroatoms. The predicted molar refractivity (Wildman–Crippen MR) is 70.7 cm³/mol. The van der Waals surface area contributed by atoms with Gasteiger partial charge in [0.1, 0.15) is 0 Å². The highest BCUT2D eigenvalue weighted by Crippen LogP contribution is 2.36. The monoisotopic (exact) mass is 302 g/mol. The average Bonchev–Trinajstić information content (AvgIpc) is 2.30. The Labute approximate surface area is 101 Å². The van der Waals surface area contributed by atoms with Crippen LogP contribution in [-0.4, -0.2) is 4.43 Å². The minimum absolute atomic E-state index is 0.857. The van der Waals surface area contributed by atoms with E-state index in [4.69, 9.17) is 0 Å². The van der Waals surface area contributed by atoms with Crippen molar-refractivity contribution in [1.29, 1.82) is 0 Å². The summed E-state index contributed by atoms with van der Waals surface area (Å²) >= 11 is 2.54. The lowest BCUT2D eigenvalue weighted by Gasteiger charge is -2.32. The molecule has 2 aliphatic rings. The Kier molecular flexibility index (Phi) is 4.09. The molecule has 78 valence electrons. The zero-order valence-corrected chi connectivity index (χ0v) is 10.8. The molecule has 0 radical (unpaired) electrons. The molecule has 0 amide bonds. The summed E-state index contributed by atoms with van der Waals surface area (Å²) in [5, 5.41) is 0. The van der Waals surface area contributed by atoms with Crippen LogP contribution >= 0.6 is 22.6 Å². The van der Waals surface area contributed by atoms with E-state index in [1.54, 1.807) is 0 Å². The van der Waals surface area contributed by atoms with Gasteiger partial charge < -0.3 is 0 Å². The second kappa shape index (κ2) is 5.34. The molecule has 0 nitrogen and oxygen atoms in total. The summed E-state index contributed by atoms with van der Waals surface area (Å²) in [6.07, 6.45) is 16.3. The number of allylic oxidation sites excluding steroid dienone is 4. The number of rotatable bonds is 2. The van der Waals surface area contributed by atoms with E-state index in [0.717, 1.165) is 17.8 Å². The van der Waals surface area contributed by atoms with Gasteiger partial charge in [-0.05, 0) is 49.9 Å². The van der Waals surface area contributed by atoms with Crippen LogP contribution in [0.1, 0.15) is 32.1 Å². The third-order valence-corrected chi connectivity index (χ3v) is 4.97. The number of hydrogen-bond donors (Lipinski definition) is 0. The third-order valence-electron chi connectivity index (χ3n) is 3.73. The van der Waals surface area contributed by atoms with E-state index in [1.807, 2.05) is 0 Å². The van der Waals surface area contributed by atoms with Crippen LogP contribution in [0.25, 0.3) is 0 Å². The predicted octanol–water partition coefficient (Wildman–Crippen LogP) is 4.36. The Morgan fingerprint density at radius 1 is 1.07 bits per heavy atom. The first-order valence-electron chi connectivity index (χ1n) is 5.79. The summed E-state index contributed by atoms with van der Waals surface area (Å²) in [5.74, 6) is 2.86. The largest absolute Gasteiger partial charge is 0.0861 e. The molecule has 0 aromatic heterocycles. The number of halogens is 1. The molecule has 0 spiro atoms. The van der Waals surface area contributed by atoms with Crippen LogP contribution in [0.2, 0.25) is 0 Å². The summed E-state index contributed by atoms with van der Waals surface area (Å²) in [6.45, 7) is 0. The fourth-order valence-corrected chi connectivity index (χ4v) is 3.60. The van der Waals surface area contributed by atoms with Gasteiger partial charge in [0.05, 0.1) is 0 Å². The van der Waals surface area contributed by atoms with Gasteiger partial charge in [0.15, 0.2) is 0 Å². The molecule has 0 aliphatic heterocycles. The normalized spacial score (nSPS) is 37.4. The van der Waals surface area contributed by atoms with Gasteiger partial charge in [-0.3, -0.25) is 0 Å². The Morgan fingerprint density at radius 3 is 2.43 bits per heavy atom. The van der Waals surface area contributed by atoms with Crippen LogP contribution in [0.4, 0.5) is 0 Å². The van der Waals surface area contributed by atoms with Gasteiger partial charge in [-0.1, -0.05) is 46.9 Å². The SMILES string of the molecule is ICC1CCC(C2C=CC=CC2)CC1. The highest BCUT2D eigenvalue weighted by molar-refractivity contribution is 14.1. The first-order chi connectivity index (χ1) is 6.90.